The Morgan fingerprint density at radius 3 is 0.828 bits per heavy atom. The van der Waals surface area contributed by atoms with Gasteiger partial charge in [0.2, 0.25) is 0 Å². The first-order valence-corrected chi connectivity index (χ1v) is 47.7. The van der Waals surface area contributed by atoms with Gasteiger partial charge in [-0.3, -0.25) is 24.0 Å². The van der Waals surface area contributed by atoms with Crippen LogP contribution in [0.2, 0.25) is 0 Å². The number of methoxy groups -OCH3 is 4. The minimum Gasteiger partial charge on any atom is -0.478 e. The molecule has 4 aromatic carbocycles. The number of carboxylic acid groups (broad SMARTS) is 1. The Morgan fingerprint density at radius 2 is 0.566 bits per heavy atom. The molecule has 1 saturated heterocycles. The molecule has 0 spiro atoms. The Kier molecular flexibility index (Phi) is 80.3. The summed E-state index contributed by atoms with van der Waals surface area (Å²) in [5.74, 6) is -2.09. The van der Waals surface area contributed by atoms with E-state index in [0.717, 1.165) is 127 Å². The Labute approximate surface area is 739 Å². The predicted octanol–water partition coefficient (Wildman–Crippen LogP) is 26.9. The average molecular weight is 1710 g/mol. The molecule has 0 saturated carbocycles. The first-order valence-electron chi connectivity index (χ1n) is 47.7. The van der Waals surface area contributed by atoms with Gasteiger partial charge in [0.1, 0.15) is 18.5 Å². The Morgan fingerprint density at radius 1 is 0.320 bits per heavy atom. The first kappa shape index (κ1) is 114. The van der Waals surface area contributed by atoms with Crippen molar-refractivity contribution in [2.75, 3.05) is 28.4 Å². The molecule has 122 heavy (non-hydrogen) atoms. The number of aliphatic hydroxyl groups is 2. The zero-order valence-electron chi connectivity index (χ0n) is 77.3. The van der Waals surface area contributed by atoms with E-state index in [1.54, 1.807) is 66.7 Å². The quantitative estimate of drug-likeness (QED) is 0.00926. The van der Waals surface area contributed by atoms with Gasteiger partial charge in [-0.15, -0.1) is 0 Å². The van der Waals surface area contributed by atoms with Crippen molar-refractivity contribution >= 4 is 48.1 Å². The van der Waals surface area contributed by atoms with Crippen LogP contribution in [0.15, 0.2) is 133 Å². The van der Waals surface area contributed by atoms with Crippen molar-refractivity contribution in [1.29, 1.82) is 0 Å². The molecule has 1 aliphatic heterocycles. The van der Waals surface area contributed by atoms with Crippen molar-refractivity contribution in [3.05, 3.63) is 156 Å². The third kappa shape index (κ3) is 71.8. The van der Waals surface area contributed by atoms with Crippen LogP contribution >= 0.6 is 0 Å². The third-order valence-electron chi connectivity index (χ3n) is 21.7. The maximum absolute atomic E-state index is 12.5. The van der Waals surface area contributed by atoms with E-state index in [2.05, 4.69) is 58.8 Å². The first-order chi connectivity index (χ1) is 59.5. The molecular formula is C104H168O18. The lowest BCUT2D eigenvalue weighted by molar-refractivity contribution is -0.141. The molecule has 1 heterocycles. The van der Waals surface area contributed by atoms with Gasteiger partial charge in [0.25, 0.3) is 0 Å². The number of carboxylic acids is 1. The molecule has 0 bridgehead atoms. The summed E-state index contributed by atoms with van der Waals surface area (Å²) in [6, 6.07) is 35.3. The Hall–Kier alpha value is -7.54. The van der Waals surface area contributed by atoms with Crippen LogP contribution in [0.4, 0.5) is 0 Å². The summed E-state index contributed by atoms with van der Waals surface area (Å²) in [4.78, 5) is 89.3. The van der Waals surface area contributed by atoms with Gasteiger partial charge in [-0.05, 0) is 139 Å². The zero-order valence-corrected chi connectivity index (χ0v) is 77.3. The molecule has 0 radical (unpaired) electrons. The van der Waals surface area contributed by atoms with Gasteiger partial charge in [0.15, 0.2) is 0 Å². The van der Waals surface area contributed by atoms with E-state index in [0.29, 0.717) is 80.3 Å². The summed E-state index contributed by atoms with van der Waals surface area (Å²) >= 11 is 0. The molecule has 0 amide bonds. The monoisotopic (exact) mass is 1710 g/mol. The molecule has 0 aliphatic carbocycles. The van der Waals surface area contributed by atoms with Gasteiger partial charge in [-0.2, -0.15) is 0 Å². The van der Waals surface area contributed by atoms with E-state index in [1.165, 1.54) is 221 Å². The number of aromatic carboxylic acids is 1. The summed E-state index contributed by atoms with van der Waals surface area (Å²) in [7, 11) is 5.74. The molecule has 1 aliphatic rings. The molecule has 18 heteroatoms. The normalized spacial score (nSPS) is 13.3. The molecule has 4 aromatic rings. The Bertz CT molecular complexity index is 3090. The van der Waals surface area contributed by atoms with Gasteiger partial charge in [0, 0.05) is 31.2 Å². The van der Waals surface area contributed by atoms with Crippen LogP contribution in [0.3, 0.4) is 0 Å². The standard InChI is InChI=1S/2C26H42O5.C19H36O3.C19H36O2.C7H6O2.C7H6O/c1-3-4-5-6-9-15-20-24(31-26(29)22-17-12-11-13-18-22)23(27)19-14-8-7-10-16-21-25(28)30-2;1-3-4-5-6-8-14-19-23(27)24(31-26(29)22-17-12-11-13-18-22)20-15-9-7-10-16-21-25(28)30-2;1-3-4-5-6-8-11-14-17-18(22-17)15-12-9-7-10-13-16-19(20)21-2;1-3-4-5-6-7-8-9-10-11-12-13-14-15-16-17-18-19(20)21-2;8-7(9)6-4-2-1-3-5-6;8-6-7-4-2-1-3-5-7/h2*11-13,17-18,23-24,27H,3-10,14-16,19-21H2,1-2H3;17-18H,3-16H2,1-2H3;10-11H,3-9,12-18H2,1-2H3;1-5H,(H,8,9);1-6H/b;;;11-10-;;. The highest BCUT2D eigenvalue weighted by Gasteiger charge is 2.37. The fourth-order valence-corrected chi connectivity index (χ4v) is 14.0. The third-order valence-corrected chi connectivity index (χ3v) is 21.7. The van der Waals surface area contributed by atoms with Crippen LogP contribution in [0.1, 0.15) is 429 Å². The summed E-state index contributed by atoms with van der Waals surface area (Å²) in [6.45, 7) is 8.94. The second kappa shape index (κ2) is 85.6. The number of allylic oxidation sites excluding steroid dienone is 2. The molecular weight excluding hydrogens is 1540 g/mol. The molecule has 692 valence electrons. The van der Waals surface area contributed by atoms with Crippen molar-refractivity contribution in [2.24, 2.45) is 0 Å². The number of esters is 6. The molecule has 6 atom stereocenters. The van der Waals surface area contributed by atoms with Gasteiger partial charge >= 0.3 is 41.8 Å². The minimum absolute atomic E-state index is 0.0763. The molecule has 18 nitrogen and oxygen atoms in total. The topological polar surface area (TPSA) is 265 Å². The van der Waals surface area contributed by atoms with Crippen molar-refractivity contribution in [2.45, 2.75) is 424 Å². The number of carbonyl (C=O) groups excluding carboxylic acids is 7. The highest BCUT2D eigenvalue weighted by Crippen LogP contribution is 2.32. The van der Waals surface area contributed by atoms with Crippen LogP contribution in [0, 0.1) is 0 Å². The minimum atomic E-state index is -0.879. The van der Waals surface area contributed by atoms with Crippen LogP contribution in [0.25, 0.3) is 0 Å². The summed E-state index contributed by atoms with van der Waals surface area (Å²) in [5.41, 5.74) is 2.10. The van der Waals surface area contributed by atoms with Crippen molar-refractivity contribution < 1.29 is 86.8 Å². The van der Waals surface area contributed by atoms with Gasteiger partial charge in [-0.1, -0.05) is 356 Å². The zero-order chi connectivity index (χ0) is 89.6. The molecule has 6 unspecified atom stereocenters. The second-order valence-electron chi connectivity index (χ2n) is 32.4. The maximum atomic E-state index is 12.5. The Balaban J connectivity index is 0.00000151. The van der Waals surface area contributed by atoms with Gasteiger partial charge in [0.05, 0.1) is 69.5 Å². The maximum Gasteiger partial charge on any atom is 0.338 e. The number of unbranched alkanes of at least 4 members (excludes halogenated alkanes) is 38. The molecule has 0 aromatic heterocycles. The lowest BCUT2D eigenvalue weighted by Crippen LogP contribution is -2.31. The van der Waals surface area contributed by atoms with E-state index in [9.17, 15) is 48.6 Å². The van der Waals surface area contributed by atoms with Gasteiger partial charge in [-0.25, -0.2) is 14.4 Å². The molecule has 5 rings (SSSR count). The lowest BCUT2D eigenvalue weighted by Gasteiger charge is -2.23. The van der Waals surface area contributed by atoms with E-state index >= 15 is 0 Å². The smallest absolute Gasteiger partial charge is 0.338 e. The molecule has 3 N–H and O–H groups in total. The molecule has 1 fully saturated rings. The van der Waals surface area contributed by atoms with Crippen molar-refractivity contribution in [1.82, 2.24) is 0 Å². The number of aliphatic hydroxyl groups excluding tert-OH is 2. The van der Waals surface area contributed by atoms with Crippen LogP contribution in [-0.4, -0.2) is 128 Å². The summed E-state index contributed by atoms with van der Waals surface area (Å²) in [6.07, 6.45) is 65.9. The van der Waals surface area contributed by atoms with E-state index in [-0.39, 0.29) is 35.8 Å². The SMILES string of the molecule is CCCCCCCC/C=C\CCCCCCCC(=O)OC.CCCCCCCCC(O)C(CCCCCCCC(=O)OC)OC(=O)c1ccccc1.CCCCCCCCC(OC(=O)c1ccccc1)C(O)CCCCCCCC(=O)OC.CCCCCCCCC1OC1CCCCCCCC(=O)OC.O=C(O)c1ccccc1.O=Cc1ccccc1. The highest BCUT2D eigenvalue weighted by atomic mass is 16.6. The number of rotatable bonds is 68. The predicted molar refractivity (Wildman–Crippen MR) is 496 cm³/mol. The van der Waals surface area contributed by atoms with E-state index in [1.807, 2.05) is 54.6 Å². The second-order valence-corrected chi connectivity index (χ2v) is 32.4. The number of carbonyl (C=O) groups is 8. The highest BCUT2D eigenvalue weighted by molar-refractivity contribution is 5.90. The fraction of sp³-hybridized carbons (Fsp3) is 0.673. The van der Waals surface area contributed by atoms with Crippen molar-refractivity contribution in [3.63, 3.8) is 0 Å². The number of hydrogen-bond acceptors (Lipinski definition) is 17. The van der Waals surface area contributed by atoms with Gasteiger partial charge < -0.3 is 48.5 Å². The fourth-order valence-electron chi connectivity index (χ4n) is 14.0. The number of epoxide rings is 1. The van der Waals surface area contributed by atoms with Crippen LogP contribution < -0.4 is 0 Å². The summed E-state index contributed by atoms with van der Waals surface area (Å²) in [5, 5.41) is 29.8. The number of ether oxygens (including phenoxy) is 7. The van der Waals surface area contributed by atoms with E-state index < -0.39 is 30.4 Å². The largest absolute Gasteiger partial charge is 0.478 e. The number of hydrogen-bond donors (Lipinski definition) is 3. The average Bonchev–Trinajstić information content (AvgIpc) is 1.69. The number of aldehydes is 1. The van der Waals surface area contributed by atoms with Crippen molar-refractivity contribution in [3.8, 4) is 0 Å². The summed E-state index contributed by atoms with van der Waals surface area (Å²) < 4.78 is 35.7. The lowest BCUT2D eigenvalue weighted by atomic mass is 9.99. The van der Waals surface area contributed by atoms with Crippen LogP contribution in [0.5, 0.6) is 0 Å². The number of benzene rings is 4. The van der Waals surface area contributed by atoms with Crippen LogP contribution in [-0.2, 0) is 52.3 Å². The van der Waals surface area contributed by atoms with E-state index in [4.69, 9.17) is 19.3 Å².